The van der Waals surface area contributed by atoms with Crippen molar-refractivity contribution in [1.82, 2.24) is 9.29 Å². The molecule has 2 saturated heterocycles. The van der Waals surface area contributed by atoms with Gasteiger partial charge in [-0.2, -0.15) is 4.31 Å². The van der Waals surface area contributed by atoms with Crippen molar-refractivity contribution in [2.75, 3.05) is 26.3 Å². The minimum absolute atomic E-state index is 0.0747. The van der Waals surface area contributed by atoms with Crippen LogP contribution in [0.1, 0.15) is 12.8 Å². The topological polar surface area (TPSA) is 68.7 Å². The molecular weight excluding hydrogens is 287 g/mol. The molecule has 0 aliphatic carbocycles. The smallest absolute Gasteiger partial charge is 0.263 e. The zero-order valence-corrected chi connectivity index (χ0v) is 11.6. The molecule has 3 rings (SSSR count). The molecule has 0 aromatic carbocycles. The van der Waals surface area contributed by atoms with Crippen LogP contribution in [0.15, 0.2) is 23.4 Å². The van der Waals surface area contributed by atoms with Crippen LogP contribution in [0.2, 0.25) is 0 Å². The van der Waals surface area contributed by atoms with E-state index >= 15 is 0 Å². The lowest BCUT2D eigenvalue weighted by atomic mass is 10.1. The number of aromatic nitrogens is 1. The van der Waals surface area contributed by atoms with Gasteiger partial charge in [0.05, 0.1) is 19.8 Å². The second kappa shape index (κ2) is 5.03. The Hall–Kier alpha value is -1.09. The molecule has 0 bridgehead atoms. The Balaban J connectivity index is 1.90. The lowest BCUT2D eigenvalue weighted by molar-refractivity contribution is -0.179. The first kappa shape index (κ1) is 13.9. The highest BCUT2D eigenvalue weighted by Crippen LogP contribution is 2.32. The van der Waals surface area contributed by atoms with Gasteiger partial charge in [-0.25, -0.2) is 17.8 Å². The molecule has 1 spiro atoms. The largest absolute Gasteiger partial charge is 0.346 e. The van der Waals surface area contributed by atoms with Gasteiger partial charge in [-0.15, -0.1) is 0 Å². The van der Waals surface area contributed by atoms with Gasteiger partial charge in [-0.05, 0) is 18.6 Å². The average Bonchev–Trinajstić information content (AvgIpc) is 2.87. The van der Waals surface area contributed by atoms with E-state index in [-0.39, 0.29) is 6.54 Å². The summed E-state index contributed by atoms with van der Waals surface area (Å²) < 4.78 is 50.8. The summed E-state index contributed by atoms with van der Waals surface area (Å²) in [4.78, 5) is 3.65. The fourth-order valence-electron chi connectivity index (χ4n) is 2.57. The van der Waals surface area contributed by atoms with Crippen molar-refractivity contribution in [3.8, 4) is 0 Å². The van der Waals surface area contributed by atoms with Gasteiger partial charge in [0, 0.05) is 19.2 Å². The number of piperidine rings is 1. The highest BCUT2D eigenvalue weighted by Gasteiger charge is 2.45. The van der Waals surface area contributed by atoms with Crippen molar-refractivity contribution in [3.05, 3.63) is 24.1 Å². The maximum absolute atomic E-state index is 13.7. The SMILES string of the molecule is O=S(=O)(c1ncccc1F)N1CCCC2(C1)OCCO2. The molecule has 0 amide bonds. The first-order valence-electron chi connectivity index (χ1n) is 6.42. The summed E-state index contributed by atoms with van der Waals surface area (Å²) in [6.07, 6.45) is 2.51. The summed E-state index contributed by atoms with van der Waals surface area (Å²) >= 11 is 0. The Bertz CT molecular complexity index is 601. The van der Waals surface area contributed by atoms with Crippen LogP contribution in [0.25, 0.3) is 0 Å². The zero-order valence-electron chi connectivity index (χ0n) is 10.8. The van der Waals surface area contributed by atoms with Crippen LogP contribution >= 0.6 is 0 Å². The Morgan fingerprint density at radius 2 is 2.10 bits per heavy atom. The van der Waals surface area contributed by atoms with Gasteiger partial charge in [0.25, 0.3) is 10.0 Å². The van der Waals surface area contributed by atoms with Crippen LogP contribution in [0.5, 0.6) is 0 Å². The van der Waals surface area contributed by atoms with Crippen molar-refractivity contribution in [2.45, 2.75) is 23.7 Å². The Morgan fingerprint density at radius 3 is 2.80 bits per heavy atom. The number of sulfonamides is 1. The summed E-state index contributed by atoms with van der Waals surface area (Å²) in [7, 11) is -3.97. The van der Waals surface area contributed by atoms with Crippen LogP contribution in [0.3, 0.4) is 0 Å². The van der Waals surface area contributed by atoms with Gasteiger partial charge in [-0.3, -0.25) is 0 Å². The monoisotopic (exact) mass is 302 g/mol. The van der Waals surface area contributed by atoms with Crippen molar-refractivity contribution < 1.29 is 22.3 Å². The normalized spacial score (nSPS) is 23.2. The fraction of sp³-hybridized carbons (Fsp3) is 0.583. The van der Waals surface area contributed by atoms with E-state index in [1.165, 1.54) is 16.6 Å². The molecule has 3 heterocycles. The van der Waals surface area contributed by atoms with Gasteiger partial charge >= 0.3 is 0 Å². The summed E-state index contributed by atoms with van der Waals surface area (Å²) in [6.45, 7) is 1.29. The molecule has 110 valence electrons. The van der Waals surface area contributed by atoms with E-state index in [0.29, 0.717) is 32.6 Å². The highest BCUT2D eigenvalue weighted by molar-refractivity contribution is 7.89. The minimum Gasteiger partial charge on any atom is -0.346 e. The number of ether oxygens (including phenoxy) is 2. The number of hydrogen-bond donors (Lipinski definition) is 0. The van der Waals surface area contributed by atoms with Crippen LogP contribution < -0.4 is 0 Å². The molecule has 0 atom stereocenters. The molecular formula is C12H15FN2O4S. The summed E-state index contributed by atoms with van der Waals surface area (Å²) in [5, 5.41) is -0.546. The molecule has 6 nitrogen and oxygen atoms in total. The van der Waals surface area contributed by atoms with Crippen LogP contribution in [0, 0.1) is 5.82 Å². The van der Waals surface area contributed by atoms with E-state index in [1.54, 1.807) is 0 Å². The van der Waals surface area contributed by atoms with Crippen LogP contribution in [-0.4, -0.2) is 49.8 Å². The average molecular weight is 302 g/mol. The molecule has 2 aliphatic heterocycles. The molecule has 1 aromatic rings. The molecule has 20 heavy (non-hydrogen) atoms. The summed E-state index contributed by atoms with van der Waals surface area (Å²) in [5.74, 6) is -1.73. The number of halogens is 1. The molecule has 2 aliphatic rings. The predicted octanol–water partition coefficient (Wildman–Crippen LogP) is 0.748. The van der Waals surface area contributed by atoms with E-state index < -0.39 is 26.7 Å². The maximum atomic E-state index is 13.7. The number of hydrogen-bond acceptors (Lipinski definition) is 5. The molecule has 2 fully saturated rings. The third-order valence-corrected chi connectivity index (χ3v) is 5.29. The highest BCUT2D eigenvalue weighted by atomic mass is 32.2. The van der Waals surface area contributed by atoms with E-state index in [2.05, 4.69) is 4.98 Å². The lowest BCUT2D eigenvalue weighted by Crippen LogP contribution is -2.51. The van der Waals surface area contributed by atoms with Gasteiger partial charge in [0.2, 0.25) is 5.03 Å². The van der Waals surface area contributed by atoms with E-state index in [4.69, 9.17) is 9.47 Å². The number of pyridine rings is 1. The first-order chi connectivity index (χ1) is 9.54. The van der Waals surface area contributed by atoms with Crippen LogP contribution in [-0.2, 0) is 19.5 Å². The maximum Gasteiger partial charge on any atom is 0.263 e. The van der Waals surface area contributed by atoms with Gasteiger partial charge < -0.3 is 9.47 Å². The zero-order chi connectivity index (χ0) is 14.2. The quantitative estimate of drug-likeness (QED) is 0.806. The third-order valence-electron chi connectivity index (χ3n) is 3.50. The van der Waals surface area contributed by atoms with E-state index in [1.807, 2.05) is 0 Å². The Morgan fingerprint density at radius 1 is 1.35 bits per heavy atom. The number of nitrogens with zero attached hydrogens (tertiary/aromatic N) is 2. The van der Waals surface area contributed by atoms with Crippen molar-refractivity contribution in [2.24, 2.45) is 0 Å². The molecule has 0 N–H and O–H groups in total. The van der Waals surface area contributed by atoms with Crippen molar-refractivity contribution in [3.63, 3.8) is 0 Å². The van der Waals surface area contributed by atoms with Gasteiger partial charge in [0.15, 0.2) is 11.6 Å². The second-order valence-corrected chi connectivity index (χ2v) is 6.69. The standard InChI is InChI=1S/C12H15FN2O4S/c13-10-3-1-5-14-11(10)20(16,17)15-6-2-4-12(9-15)18-7-8-19-12/h1,3,5H,2,4,6-9H2. The Labute approximate surface area is 116 Å². The van der Waals surface area contributed by atoms with Crippen molar-refractivity contribution >= 4 is 10.0 Å². The molecule has 1 aromatic heterocycles. The first-order valence-corrected chi connectivity index (χ1v) is 7.86. The lowest BCUT2D eigenvalue weighted by Gasteiger charge is -2.37. The number of rotatable bonds is 2. The van der Waals surface area contributed by atoms with E-state index in [0.717, 1.165) is 6.07 Å². The van der Waals surface area contributed by atoms with Crippen LogP contribution in [0.4, 0.5) is 4.39 Å². The molecule has 0 radical (unpaired) electrons. The minimum atomic E-state index is -3.97. The summed E-state index contributed by atoms with van der Waals surface area (Å²) in [6, 6.07) is 2.44. The predicted molar refractivity (Wildman–Crippen MR) is 66.8 cm³/mol. The molecule has 0 unspecified atom stereocenters. The Kier molecular flexibility index (Phi) is 3.49. The van der Waals surface area contributed by atoms with Crippen molar-refractivity contribution in [1.29, 1.82) is 0 Å². The van der Waals surface area contributed by atoms with Gasteiger partial charge in [-0.1, -0.05) is 0 Å². The molecule has 8 heteroatoms. The van der Waals surface area contributed by atoms with E-state index in [9.17, 15) is 12.8 Å². The summed E-state index contributed by atoms with van der Waals surface area (Å²) in [5.41, 5.74) is 0. The van der Waals surface area contributed by atoms with Gasteiger partial charge in [0.1, 0.15) is 0 Å². The fourth-order valence-corrected chi connectivity index (χ4v) is 4.06. The third kappa shape index (κ3) is 2.32. The second-order valence-electron chi connectivity index (χ2n) is 4.84. The molecule has 0 saturated carbocycles.